The van der Waals surface area contributed by atoms with Gasteiger partial charge in [0, 0.05) is 11.6 Å². The van der Waals surface area contributed by atoms with Crippen LogP contribution in [-0.2, 0) is 14.8 Å². The first-order chi connectivity index (χ1) is 6.55. The maximum atomic E-state index is 11.4. The quantitative estimate of drug-likeness (QED) is 0.691. The van der Waals surface area contributed by atoms with Crippen molar-refractivity contribution in [2.24, 2.45) is 0 Å². The molecule has 1 saturated heterocycles. The predicted octanol–water partition coefficient (Wildman–Crippen LogP) is -0.495. The van der Waals surface area contributed by atoms with E-state index >= 15 is 0 Å². The molecular weight excluding hydrogens is 224 g/mol. The predicted molar refractivity (Wildman–Crippen MR) is 56.5 cm³/mol. The number of sulfonamides is 1. The van der Waals surface area contributed by atoms with Gasteiger partial charge < -0.3 is 0 Å². The second-order valence-electron chi connectivity index (χ2n) is 3.06. The summed E-state index contributed by atoms with van der Waals surface area (Å²) in [6, 6.07) is -0.369. The van der Waals surface area contributed by atoms with Gasteiger partial charge in [0.2, 0.25) is 10.0 Å². The number of amides is 1. The summed E-state index contributed by atoms with van der Waals surface area (Å²) in [6.07, 6.45) is 0.509. The Morgan fingerprint density at radius 1 is 1.64 bits per heavy atom. The van der Waals surface area contributed by atoms with Crippen molar-refractivity contribution in [2.75, 3.05) is 17.4 Å². The highest BCUT2D eigenvalue weighted by Crippen LogP contribution is 2.09. The van der Waals surface area contributed by atoms with Gasteiger partial charge in [0.25, 0.3) is 5.91 Å². The van der Waals surface area contributed by atoms with E-state index in [1.807, 2.05) is 0 Å². The second-order valence-corrected chi connectivity index (χ2v) is 5.93. The molecule has 5 nitrogen and oxygen atoms in total. The van der Waals surface area contributed by atoms with E-state index in [0.717, 1.165) is 0 Å². The minimum atomic E-state index is -3.42. The summed E-state index contributed by atoms with van der Waals surface area (Å²) in [5.41, 5.74) is 0. The number of nitrogens with one attached hydrogen (secondary N) is 2. The van der Waals surface area contributed by atoms with E-state index in [9.17, 15) is 13.2 Å². The molecule has 1 amide bonds. The van der Waals surface area contributed by atoms with Crippen LogP contribution in [0, 0.1) is 0 Å². The van der Waals surface area contributed by atoms with Crippen LogP contribution in [0.2, 0.25) is 0 Å². The summed E-state index contributed by atoms with van der Waals surface area (Å²) in [4.78, 5) is 11.4. The summed E-state index contributed by atoms with van der Waals surface area (Å²) in [5.74, 6) is 0.890. The van der Waals surface area contributed by atoms with Gasteiger partial charge in [0.1, 0.15) is 0 Å². The van der Waals surface area contributed by atoms with E-state index in [2.05, 4.69) is 10.0 Å². The summed E-state index contributed by atoms with van der Waals surface area (Å²) in [6.45, 7) is 1.76. The zero-order valence-corrected chi connectivity index (χ0v) is 9.58. The van der Waals surface area contributed by atoms with E-state index in [-0.39, 0.29) is 11.8 Å². The van der Waals surface area contributed by atoms with Gasteiger partial charge in [-0.25, -0.2) is 8.42 Å². The lowest BCUT2D eigenvalue weighted by atomic mass is 10.3. The molecule has 14 heavy (non-hydrogen) atoms. The van der Waals surface area contributed by atoms with Gasteiger partial charge >= 0.3 is 0 Å². The summed E-state index contributed by atoms with van der Waals surface area (Å²) >= 11 is 1.58. The Bertz CT molecular complexity index is 296. The largest absolute Gasteiger partial charge is 0.296 e. The zero-order valence-electron chi connectivity index (χ0n) is 7.95. The maximum absolute atomic E-state index is 11.4. The topological polar surface area (TPSA) is 75.3 Å². The van der Waals surface area contributed by atoms with Gasteiger partial charge in [-0.3, -0.25) is 14.8 Å². The molecule has 1 fully saturated rings. The van der Waals surface area contributed by atoms with Crippen LogP contribution in [-0.4, -0.2) is 37.7 Å². The Balaban J connectivity index is 2.47. The highest BCUT2D eigenvalue weighted by molar-refractivity contribution is 7.99. The van der Waals surface area contributed by atoms with Crippen LogP contribution in [0.15, 0.2) is 0 Å². The van der Waals surface area contributed by atoms with Gasteiger partial charge in [0.05, 0.1) is 11.8 Å². The number of hydrogen-bond acceptors (Lipinski definition) is 5. The molecule has 1 unspecified atom stereocenters. The van der Waals surface area contributed by atoms with Crippen LogP contribution in [0.5, 0.6) is 0 Å². The van der Waals surface area contributed by atoms with Gasteiger partial charge in [-0.2, -0.15) is 0 Å². The number of hydrogen-bond donors (Lipinski definition) is 2. The van der Waals surface area contributed by atoms with Crippen molar-refractivity contribution in [3.05, 3.63) is 0 Å². The Kier molecular flexibility index (Phi) is 4.21. The fraction of sp³-hybridized carbons (Fsp3) is 0.857. The van der Waals surface area contributed by atoms with Crippen molar-refractivity contribution in [3.8, 4) is 0 Å². The van der Waals surface area contributed by atoms with Crippen LogP contribution >= 0.6 is 11.8 Å². The zero-order chi connectivity index (χ0) is 10.6. The van der Waals surface area contributed by atoms with Crippen molar-refractivity contribution in [2.45, 2.75) is 19.4 Å². The molecule has 0 saturated carbocycles. The first-order valence-electron chi connectivity index (χ1n) is 4.40. The summed E-state index contributed by atoms with van der Waals surface area (Å²) < 4.78 is 24.5. The van der Waals surface area contributed by atoms with E-state index < -0.39 is 15.9 Å². The molecular formula is C7H14N2O3S2. The average Bonchev–Trinajstić information content (AvgIpc) is 2.53. The number of carbonyl (C=O) groups is 1. The third-order valence-electron chi connectivity index (χ3n) is 1.76. The van der Waals surface area contributed by atoms with Gasteiger partial charge in [0.15, 0.2) is 0 Å². The van der Waals surface area contributed by atoms with E-state index in [1.165, 1.54) is 0 Å². The normalized spacial score (nSPS) is 22.2. The van der Waals surface area contributed by atoms with Gasteiger partial charge in [-0.1, -0.05) is 6.92 Å². The molecule has 0 aromatic heterocycles. The molecule has 0 aliphatic carbocycles. The molecule has 1 atom stereocenters. The molecule has 0 radical (unpaired) electrons. The fourth-order valence-electron chi connectivity index (χ4n) is 1.11. The summed E-state index contributed by atoms with van der Waals surface area (Å²) in [5, 5.41) is 2.91. The smallest absolute Gasteiger partial charge is 0.251 e. The van der Waals surface area contributed by atoms with Crippen molar-refractivity contribution in [1.29, 1.82) is 0 Å². The highest BCUT2D eigenvalue weighted by Gasteiger charge is 2.25. The lowest BCUT2D eigenvalue weighted by Gasteiger charge is -2.10. The number of rotatable bonds is 4. The molecule has 7 heteroatoms. The lowest BCUT2D eigenvalue weighted by Crippen LogP contribution is -2.45. The van der Waals surface area contributed by atoms with Crippen molar-refractivity contribution in [1.82, 2.24) is 10.0 Å². The molecule has 0 aromatic carbocycles. The lowest BCUT2D eigenvalue weighted by molar-refractivity contribution is -0.120. The minimum absolute atomic E-state index is 0.00139. The van der Waals surface area contributed by atoms with Crippen molar-refractivity contribution >= 4 is 27.7 Å². The summed E-state index contributed by atoms with van der Waals surface area (Å²) in [7, 11) is -3.42. The minimum Gasteiger partial charge on any atom is -0.296 e. The first kappa shape index (κ1) is 11.8. The molecule has 82 valence electrons. The van der Waals surface area contributed by atoms with E-state index in [1.54, 1.807) is 18.7 Å². The van der Waals surface area contributed by atoms with Gasteiger partial charge in [-0.05, 0) is 6.42 Å². The van der Waals surface area contributed by atoms with E-state index in [0.29, 0.717) is 18.1 Å². The fourth-order valence-corrected chi connectivity index (χ4v) is 3.14. The molecule has 0 bridgehead atoms. The van der Waals surface area contributed by atoms with Crippen molar-refractivity contribution < 1.29 is 13.2 Å². The highest BCUT2D eigenvalue weighted by atomic mass is 32.2. The number of carbonyl (C=O) groups excluding carboxylic acids is 1. The van der Waals surface area contributed by atoms with Crippen molar-refractivity contribution in [3.63, 3.8) is 0 Å². The maximum Gasteiger partial charge on any atom is 0.251 e. The molecule has 0 aromatic rings. The second kappa shape index (κ2) is 4.99. The molecule has 1 heterocycles. The van der Waals surface area contributed by atoms with Gasteiger partial charge in [-0.15, -0.1) is 11.8 Å². The van der Waals surface area contributed by atoms with Crippen LogP contribution in [0.1, 0.15) is 13.3 Å². The van der Waals surface area contributed by atoms with E-state index in [4.69, 9.17) is 0 Å². The number of thioether (sulfide) groups is 1. The standard InChI is InChI=1S/C7H14N2O3S2/c1-2-3-14(11,12)9-7(10)6-4-13-5-8-6/h6,8H,2-5H2,1H3,(H,9,10). The monoisotopic (exact) mass is 238 g/mol. The van der Waals surface area contributed by atoms with Crippen LogP contribution < -0.4 is 10.0 Å². The third-order valence-corrected chi connectivity index (χ3v) is 4.16. The van der Waals surface area contributed by atoms with Crippen LogP contribution in [0.3, 0.4) is 0 Å². The van der Waals surface area contributed by atoms with Crippen LogP contribution in [0.4, 0.5) is 0 Å². The Morgan fingerprint density at radius 2 is 2.36 bits per heavy atom. The van der Waals surface area contributed by atoms with Crippen LogP contribution in [0.25, 0.3) is 0 Å². The Hall–Kier alpha value is -0.270. The third kappa shape index (κ3) is 3.47. The SMILES string of the molecule is CCCS(=O)(=O)NC(=O)C1CSCN1. The molecule has 0 spiro atoms. The molecule has 1 rings (SSSR count). The molecule has 2 N–H and O–H groups in total. The first-order valence-corrected chi connectivity index (χ1v) is 7.21. The molecule has 1 aliphatic rings. The molecule has 1 aliphatic heterocycles. The average molecular weight is 238 g/mol. The Morgan fingerprint density at radius 3 is 2.86 bits per heavy atom. The Labute approximate surface area is 88.1 Å².